The number of hydrogen-bond donors (Lipinski definition) is 0. The molecule has 0 bridgehead atoms. The van der Waals surface area contributed by atoms with E-state index >= 15 is 0 Å². The van der Waals surface area contributed by atoms with Crippen molar-refractivity contribution in [3.05, 3.63) is 30.2 Å². The van der Waals surface area contributed by atoms with Gasteiger partial charge in [-0.15, -0.1) is 0 Å². The van der Waals surface area contributed by atoms with Crippen LogP contribution in [-0.2, 0) is 11.8 Å². The molecule has 0 aliphatic carbocycles. The zero-order chi connectivity index (χ0) is 11.5. The minimum atomic E-state index is -0.444. The number of nitrogens with zero attached hydrogens (tertiary/aromatic N) is 4. The third-order valence-electron chi connectivity index (χ3n) is 2.17. The molecule has 0 saturated heterocycles. The van der Waals surface area contributed by atoms with Gasteiger partial charge in [0.15, 0.2) is 5.69 Å². The first kappa shape index (κ1) is 10.3. The molecule has 0 saturated carbocycles. The molecule has 0 N–H and O–H groups in total. The average molecular weight is 218 g/mol. The van der Waals surface area contributed by atoms with Gasteiger partial charge in [-0.3, -0.25) is 4.68 Å². The number of methoxy groups -OCH3 is 1. The second kappa shape index (κ2) is 4.09. The molecule has 2 rings (SSSR count). The number of aromatic nitrogens is 4. The lowest BCUT2D eigenvalue weighted by Crippen LogP contribution is -2.10. The molecular weight excluding hydrogens is 208 g/mol. The Bertz CT molecular complexity index is 507. The number of esters is 1. The molecule has 0 amide bonds. The Labute approximate surface area is 91.9 Å². The van der Waals surface area contributed by atoms with Crippen LogP contribution in [0.15, 0.2) is 24.5 Å². The van der Waals surface area contributed by atoms with Gasteiger partial charge in [0.25, 0.3) is 0 Å². The third-order valence-corrected chi connectivity index (χ3v) is 2.17. The molecule has 0 aromatic carbocycles. The smallest absolute Gasteiger partial charge is 0.357 e. The van der Waals surface area contributed by atoms with Gasteiger partial charge in [-0.1, -0.05) is 0 Å². The molecule has 0 atom stereocenters. The molecule has 6 heteroatoms. The predicted octanol–water partition coefficient (Wildman–Crippen LogP) is 0.664. The van der Waals surface area contributed by atoms with Gasteiger partial charge in [-0.2, -0.15) is 15.3 Å². The maximum atomic E-state index is 11.6. The van der Waals surface area contributed by atoms with Crippen molar-refractivity contribution >= 4 is 5.97 Å². The molecule has 2 aromatic rings. The van der Waals surface area contributed by atoms with Gasteiger partial charge in [0.05, 0.1) is 24.6 Å². The first-order valence-electron chi connectivity index (χ1n) is 4.62. The number of carbonyl (C=O) groups excluding carboxylic acids is 1. The Kier molecular flexibility index (Phi) is 2.63. The van der Waals surface area contributed by atoms with Gasteiger partial charge < -0.3 is 4.74 Å². The number of ether oxygens (including phenoxy) is 1. The quantitative estimate of drug-likeness (QED) is 0.692. The van der Waals surface area contributed by atoms with E-state index in [2.05, 4.69) is 20.0 Å². The lowest BCUT2D eigenvalue weighted by molar-refractivity contribution is 0.0589. The second-order valence-electron chi connectivity index (χ2n) is 3.13. The summed E-state index contributed by atoms with van der Waals surface area (Å²) < 4.78 is 6.14. The highest BCUT2D eigenvalue weighted by molar-refractivity contribution is 5.94. The third kappa shape index (κ3) is 1.65. The number of carbonyl (C=O) groups is 1. The Morgan fingerprint density at radius 1 is 1.50 bits per heavy atom. The fraction of sp³-hybridized carbons (Fsp3) is 0.200. The van der Waals surface area contributed by atoms with Crippen molar-refractivity contribution in [2.24, 2.45) is 7.05 Å². The Balaban J connectivity index is 2.55. The van der Waals surface area contributed by atoms with E-state index in [4.69, 9.17) is 0 Å². The number of rotatable bonds is 2. The fourth-order valence-corrected chi connectivity index (χ4v) is 1.41. The summed E-state index contributed by atoms with van der Waals surface area (Å²) in [6.45, 7) is 0. The highest BCUT2D eigenvalue weighted by Crippen LogP contribution is 2.20. The zero-order valence-corrected chi connectivity index (χ0v) is 8.91. The summed E-state index contributed by atoms with van der Waals surface area (Å²) in [6.07, 6.45) is 3.13. The standard InChI is InChI=1S/C10H10N4O2/c1-14-9(10(15)16-2)7(6-12-14)8-4-3-5-11-13-8/h3-6H,1-2H3. The minimum absolute atomic E-state index is 0.364. The van der Waals surface area contributed by atoms with Crippen LogP contribution in [0.4, 0.5) is 0 Å². The van der Waals surface area contributed by atoms with E-state index in [9.17, 15) is 4.79 Å². The molecule has 0 aliphatic rings. The Morgan fingerprint density at radius 3 is 2.94 bits per heavy atom. The summed E-state index contributed by atoms with van der Waals surface area (Å²) in [5.41, 5.74) is 1.57. The molecule has 2 aromatic heterocycles. The van der Waals surface area contributed by atoms with E-state index in [1.165, 1.54) is 11.8 Å². The largest absolute Gasteiger partial charge is 0.464 e. The highest BCUT2D eigenvalue weighted by atomic mass is 16.5. The summed E-state index contributed by atoms with van der Waals surface area (Å²) in [5, 5.41) is 11.7. The number of hydrogen-bond acceptors (Lipinski definition) is 5. The average Bonchev–Trinajstić information content (AvgIpc) is 2.71. The molecule has 16 heavy (non-hydrogen) atoms. The maximum Gasteiger partial charge on any atom is 0.357 e. The van der Waals surface area contributed by atoms with Gasteiger partial charge in [0, 0.05) is 13.2 Å². The van der Waals surface area contributed by atoms with Crippen LogP contribution >= 0.6 is 0 Å². The van der Waals surface area contributed by atoms with E-state index in [-0.39, 0.29) is 0 Å². The molecule has 6 nitrogen and oxygen atoms in total. The summed E-state index contributed by atoms with van der Waals surface area (Å²) in [5.74, 6) is -0.444. The lowest BCUT2D eigenvalue weighted by atomic mass is 10.2. The second-order valence-corrected chi connectivity index (χ2v) is 3.13. The normalized spacial score (nSPS) is 10.1. The van der Waals surface area contributed by atoms with E-state index in [0.29, 0.717) is 17.0 Å². The first-order chi connectivity index (χ1) is 7.74. The van der Waals surface area contributed by atoms with Crippen LogP contribution in [0.2, 0.25) is 0 Å². The molecule has 0 radical (unpaired) electrons. The van der Waals surface area contributed by atoms with Gasteiger partial charge in [-0.05, 0) is 12.1 Å². The van der Waals surface area contributed by atoms with Crippen LogP contribution in [0.5, 0.6) is 0 Å². The van der Waals surface area contributed by atoms with Crippen molar-refractivity contribution in [3.63, 3.8) is 0 Å². The predicted molar refractivity (Wildman–Crippen MR) is 55.6 cm³/mol. The van der Waals surface area contributed by atoms with Crippen molar-refractivity contribution in [2.45, 2.75) is 0 Å². The molecule has 0 fully saturated rings. The van der Waals surface area contributed by atoms with Gasteiger partial charge in [0.1, 0.15) is 0 Å². The van der Waals surface area contributed by atoms with E-state index in [1.54, 1.807) is 31.6 Å². The summed E-state index contributed by atoms with van der Waals surface area (Å²) >= 11 is 0. The van der Waals surface area contributed by atoms with Crippen LogP contribution in [0, 0.1) is 0 Å². The molecule has 82 valence electrons. The minimum Gasteiger partial charge on any atom is -0.464 e. The van der Waals surface area contributed by atoms with Crippen molar-refractivity contribution in [2.75, 3.05) is 7.11 Å². The molecule has 0 unspecified atom stereocenters. The first-order valence-corrected chi connectivity index (χ1v) is 4.62. The van der Waals surface area contributed by atoms with E-state index < -0.39 is 5.97 Å². The lowest BCUT2D eigenvalue weighted by Gasteiger charge is -2.02. The maximum absolute atomic E-state index is 11.6. The topological polar surface area (TPSA) is 69.9 Å². The molecule has 0 spiro atoms. The monoisotopic (exact) mass is 218 g/mol. The molecule has 0 aliphatic heterocycles. The zero-order valence-electron chi connectivity index (χ0n) is 8.91. The molecule has 2 heterocycles. The summed E-state index contributed by atoms with van der Waals surface area (Å²) in [6, 6.07) is 3.51. The van der Waals surface area contributed by atoms with Crippen molar-refractivity contribution in [1.82, 2.24) is 20.0 Å². The van der Waals surface area contributed by atoms with Crippen molar-refractivity contribution in [1.29, 1.82) is 0 Å². The van der Waals surface area contributed by atoms with E-state index in [0.717, 1.165) is 0 Å². The van der Waals surface area contributed by atoms with Crippen LogP contribution in [0.1, 0.15) is 10.5 Å². The van der Waals surface area contributed by atoms with Crippen LogP contribution in [-0.4, -0.2) is 33.1 Å². The highest BCUT2D eigenvalue weighted by Gasteiger charge is 2.19. The van der Waals surface area contributed by atoms with Gasteiger partial charge in [0.2, 0.25) is 0 Å². The van der Waals surface area contributed by atoms with Crippen LogP contribution < -0.4 is 0 Å². The van der Waals surface area contributed by atoms with Crippen molar-refractivity contribution in [3.8, 4) is 11.3 Å². The van der Waals surface area contributed by atoms with Crippen molar-refractivity contribution < 1.29 is 9.53 Å². The van der Waals surface area contributed by atoms with Crippen LogP contribution in [0.25, 0.3) is 11.3 Å². The van der Waals surface area contributed by atoms with E-state index in [1.807, 2.05) is 0 Å². The fourth-order valence-electron chi connectivity index (χ4n) is 1.41. The SMILES string of the molecule is COC(=O)c1c(-c2cccnn2)cnn1C. The van der Waals surface area contributed by atoms with Crippen LogP contribution in [0.3, 0.4) is 0 Å². The Morgan fingerprint density at radius 2 is 2.31 bits per heavy atom. The Hall–Kier alpha value is -2.24. The summed E-state index contributed by atoms with van der Waals surface area (Å²) in [7, 11) is 3.00. The number of aryl methyl sites for hydroxylation is 1. The summed E-state index contributed by atoms with van der Waals surface area (Å²) in [4.78, 5) is 11.6. The van der Waals surface area contributed by atoms with Gasteiger partial charge in [-0.25, -0.2) is 4.79 Å². The van der Waals surface area contributed by atoms with Gasteiger partial charge >= 0.3 is 5.97 Å². The molecular formula is C10H10N4O2.